The lowest BCUT2D eigenvalue weighted by atomic mass is 9.83. The van der Waals surface area contributed by atoms with Gasteiger partial charge in [0.15, 0.2) is 0 Å². The van der Waals surface area contributed by atoms with Gasteiger partial charge in [-0.3, -0.25) is 0 Å². The summed E-state index contributed by atoms with van der Waals surface area (Å²) in [4.78, 5) is 1.27. The minimum absolute atomic E-state index is 0.329. The molecule has 0 spiro atoms. The Bertz CT molecular complexity index is 470. The molecule has 2 N–H and O–H groups in total. The van der Waals surface area contributed by atoms with Crippen molar-refractivity contribution < 1.29 is 14.4 Å². The molecule has 1 aromatic carbocycles. The van der Waals surface area contributed by atoms with Gasteiger partial charge in [-0.2, -0.15) is 0 Å². The zero-order valence-electron chi connectivity index (χ0n) is 10.00. The van der Waals surface area contributed by atoms with Crippen molar-refractivity contribution in [2.45, 2.75) is 18.9 Å². The smallest absolute Gasteiger partial charge is 0.137 e. The Labute approximate surface area is 111 Å². The lowest BCUT2D eigenvalue weighted by molar-refractivity contribution is -0.880. The van der Waals surface area contributed by atoms with Gasteiger partial charge in [0.25, 0.3) is 0 Å². The first-order valence-corrected chi connectivity index (χ1v) is 6.73. The van der Waals surface area contributed by atoms with E-state index in [1.807, 2.05) is 0 Å². The van der Waals surface area contributed by atoms with E-state index in [-0.39, 0.29) is 5.82 Å². The summed E-state index contributed by atoms with van der Waals surface area (Å²) in [6.07, 6.45) is 3.40. The Balaban J connectivity index is 2.01. The van der Waals surface area contributed by atoms with Crippen molar-refractivity contribution in [3.05, 3.63) is 40.3 Å². The van der Waals surface area contributed by atoms with Crippen LogP contribution in [-0.2, 0) is 0 Å². The molecule has 0 aliphatic carbocycles. The third kappa shape index (κ3) is 1.96. The minimum atomic E-state index is -0.446. The molecule has 3 saturated heterocycles. The first-order valence-electron chi connectivity index (χ1n) is 6.35. The number of nitrogens with one attached hydrogen (secondary N) is 1. The number of piperidine rings is 3. The second-order valence-electron chi connectivity index (χ2n) is 5.12. The van der Waals surface area contributed by atoms with Gasteiger partial charge in [-0.15, -0.1) is 0 Å². The van der Waals surface area contributed by atoms with E-state index in [0.29, 0.717) is 16.5 Å². The molecule has 0 radical (unpaired) electrons. The van der Waals surface area contributed by atoms with E-state index in [1.54, 1.807) is 18.2 Å². The number of benzene rings is 1. The van der Waals surface area contributed by atoms with Gasteiger partial charge in [0, 0.05) is 30.4 Å². The summed E-state index contributed by atoms with van der Waals surface area (Å²) in [7, 11) is 0. The van der Waals surface area contributed by atoms with Crippen LogP contribution in [0, 0.1) is 11.7 Å². The van der Waals surface area contributed by atoms with Crippen molar-refractivity contribution in [3.8, 4) is 0 Å². The first-order chi connectivity index (χ1) is 8.66. The standard InChI is InChI=1S/C14H15ClFNO/c15-11-2-1-3-12(16)10(11)8-13-14(18)9-4-6-17(13)7-5-9/h1-3,8-9,14,18H,4-7H2/p+1/b13-8-/t14-/m0/s1. The fourth-order valence-corrected chi connectivity index (χ4v) is 3.27. The Morgan fingerprint density at radius 3 is 2.67 bits per heavy atom. The number of quaternary nitrogens is 1. The number of rotatable bonds is 1. The third-order valence-electron chi connectivity index (χ3n) is 4.11. The van der Waals surface area contributed by atoms with Crippen LogP contribution >= 0.6 is 11.6 Å². The van der Waals surface area contributed by atoms with E-state index in [9.17, 15) is 9.50 Å². The van der Waals surface area contributed by atoms with Crippen LogP contribution in [0.3, 0.4) is 0 Å². The normalized spacial score (nSPS) is 33.1. The van der Waals surface area contributed by atoms with E-state index in [0.717, 1.165) is 31.6 Å². The van der Waals surface area contributed by atoms with Gasteiger partial charge in [-0.25, -0.2) is 4.39 Å². The maximum Gasteiger partial charge on any atom is 0.137 e. The molecular formula is C14H16ClFNO+. The first kappa shape index (κ1) is 12.2. The second-order valence-corrected chi connectivity index (χ2v) is 5.53. The van der Waals surface area contributed by atoms with Gasteiger partial charge in [0.1, 0.15) is 17.6 Å². The quantitative estimate of drug-likeness (QED) is 0.793. The fourth-order valence-electron chi connectivity index (χ4n) is 3.05. The number of fused-ring (bicyclic) bond motifs is 3. The van der Waals surface area contributed by atoms with Crippen LogP contribution in [0.2, 0.25) is 5.02 Å². The highest BCUT2D eigenvalue weighted by Gasteiger charge is 2.41. The largest absolute Gasteiger partial charge is 0.383 e. The lowest BCUT2D eigenvalue weighted by Gasteiger charge is -2.41. The van der Waals surface area contributed by atoms with E-state index < -0.39 is 6.10 Å². The minimum Gasteiger partial charge on any atom is -0.383 e. The van der Waals surface area contributed by atoms with Crippen molar-refractivity contribution in [3.63, 3.8) is 0 Å². The molecular weight excluding hydrogens is 253 g/mol. The highest BCUT2D eigenvalue weighted by atomic mass is 35.5. The molecule has 0 amide bonds. The van der Waals surface area contributed by atoms with Gasteiger partial charge in [-0.1, -0.05) is 17.7 Å². The summed E-state index contributed by atoms with van der Waals surface area (Å²) < 4.78 is 13.8. The molecule has 3 aliphatic rings. The highest BCUT2D eigenvalue weighted by molar-refractivity contribution is 6.32. The topological polar surface area (TPSA) is 24.7 Å². The molecule has 3 aliphatic heterocycles. The van der Waals surface area contributed by atoms with Crippen LogP contribution in [0.4, 0.5) is 4.39 Å². The van der Waals surface area contributed by atoms with Crippen LogP contribution in [-0.4, -0.2) is 24.3 Å². The average molecular weight is 269 g/mol. The molecule has 4 heteroatoms. The van der Waals surface area contributed by atoms with E-state index in [4.69, 9.17) is 11.6 Å². The number of aliphatic hydroxyl groups excluding tert-OH is 1. The molecule has 0 aromatic heterocycles. The fraction of sp³-hybridized carbons (Fsp3) is 0.429. The number of halogens is 2. The van der Waals surface area contributed by atoms with Crippen LogP contribution in [0.25, 0.3) is 6.08 Å². The summed E-state index contributed by atoms with van der Waals surface area (Å²) in [6, 6.07) is 4.67. The molecule has 96 valence electrons. The zero-order valence-corrected chi connectivity index (χ0v) is 10.8. The van der Waals surface area contributed by atoms with Crippen LogP contribution in [0.1, 0.15) is 18.4 Å². The van der Waals surface area contributed by atoms with Crippen LogP contribution in [0.15, 0.2) is 23.9 Å². The summed E-state index contributed by atoms with van der Waals surface area (Å²) in [5.74, 6) is 0.00328. The van der Waals surface area contributed by atoms with Gasteiger partial charge in [0.2, 0.25) is 0 Å². The Hall–Kier alpha value is -0.900. The molecule has 1 atom stereocenters. The molecule has 18 heavy (non-hydrogen) atoms. The maximum atomic E-state index is 13.8. The summed E-state index contributed by atoms with van der Waals surface area (Å²) in [6.45, 7) is 2.05. The van der Waals surface area contributed by atoms with Crippen LogP contribution in [0.5, 0.6) is 0 Å². The zero-order chi connectivity index (χ0) is 12.7. The lowest BCUT2D eigenvalue weighted by Crippen LogP contribution is -3.14. The number of hydrogen-bond donors (Lipinski definition) is 2. The van der Waals surface area contributed by atoms with Gasteiger partial charge < -0.3 is 10.0 Å². The predicted molar refractivity (Wildman–Crippen MR) is 68.8 cm³/mol. The molecule has 2 nitrogen and oxygen atoms in total. The summed E-state index contributed by atoms with van der Waals surface area (Å²) in [5, 5.41) is 10.6. The number of aliphatic hydroxyl groups is 1. The summed E-state index contributed by atoms with van der Waals surface area (Å²) >= 11 is 6.02. The van der Waals surface area contributed by atoms with Crippen molar-refractivity contribution >= 4 is 17.7 Å². The van der Waals surface area contributed by atoms with Gasteiger partial charge in [-0.05, 0) is 12.1 Å². The predicted octanol–water partition coefficient (Wildman–Crippen LogP) is 1.49. The Morgan fingerprint density at radius 1 is 1.33 bits per heavy atom. The van der Waals surface area contributed by atoms with E-state index in [1.165, 1.54) is 11.0 Å². The van der Waals surface area contributed by atoms with Crippen molar-refractivity contribution in [2.75, 3.05) is 13.1 Å². The SMILES string of the molecule is O[C@@H]1/C(=C/c2c(F)cccc2Cl)[NH+]2CCC1CC2. The average Bonchev–Trinajstić information content (AvgIpc) is 2.37. The van der Waals surface area contributed by atoms with Crippen molar-refractivity contribution in [2.24, 2.45) is 5.92 Å². The second kappa shape index (κ2) is 4.65. The van der Waals surface area contributed by atoms with Crippen LogP contribution < -0.4 is 4.90 Å². The molecule has 3 fully saturated rings. The maximum absolute atomic E-state index is 13.8. The Morgan fingerprint density at radius 2 is 2.06 bits per heavy atom. The van der Waals surface area contributed by atoms with Gasteiger partial charge >= 0.3 is 0 Å². The molecule has 1 aromatic rings. The van der Waals surface area contributed by atoms with E-state index in [2.05, 4.69) is 0 Å². The van der Waals surface area contributed by atoms with Gasteiger partial charge in [0.05, 0.1) is 18.1 Å². The molecule has 2 bridgehead atoms. The molecule has 3 heterocycles. The molecule has 0 unspecified atom stereocenters. The summed E-state index contributed by atoms with van der Waals surface area (Å²) in [5.41, 5.74) is 1.29. The highest BCUT2D eigenvalue weighted by Crippen LogP contribution is 2.27. The van der Waals surface area contributed by atoms with E-state index >= 15 is 0 Å². The molecule has 0 saturated carbocycles. The Kier molecular flexibility index (Phi) is 3.14. The van der Waals surface area contributed by atoms with Crippen molar-refractivity contribution in [1.29, 1.82) is 0 Å². The monoisotopic (exact) mass is 268 g/mol. The van der Waals surface area contributed by atoms with Crippen molar-refractivity contribution in [1.82, 2.24) is 0 Å². The molecule has 4 rings (SSSR count). The third-order valence-corrected chi connectivity index (χ3v) is 4.44. The number of hydrogen-bond acceptors (Lipinski definition) is 1.